The first-order chi connectivity index (χ1) is 32.9. The maximum Gasteiger partial charge on any atom is 0.343 e. The van der Waals surface area contributed by atoms with Crippen molar-refractivity contribution in [1.82, 2.24) is 0 Å². The first-order valence-corrected chi connectivity index (χ1v) is 25.7. The highest BCUT2D eigenvalue weighted by Gasteiger charge is 2.13. The summed E-state index contributed by atoms with van der Waals surface area (Å²) >= 11 is 0. The molecule has 0 bridgehead atoms. The van der Waals surface area contributed by atoms with Gasteiger partial charge in [-0.3, -0.25) is 0 Å². The van der Waals surface area contributed by atoms with Crippen LogP contribution in [0.15, 0.2) is 121 Å². The number of carbonyl (C=O) groups is 2. The SMILES string of the molecule is CCCCCCCCCCOc1ccc(-c2ccc(OCCCCCCCCCCOc3ccc(C(=O)Oc4ccc(-c5ccc(C(=O)OC(C)CCCCCC)cc5)cc4)cc3)cc2)cc1. The van der Waals surface area contributed by atoms with E-state index in [0.717, 1.165) is 80.1 Å². The van der Waals surface area contributed by atoms with E-state index in [-0.39, 0.29) is 12.1 Å². The van der Waals surface area contributed by atoms with Crippen LogP contribution in [0.25, 0.3) is 22.3 Å². The highest BCUT2D eigenvalue weighted by molar-refractivity contribution is 5.91. The van der Waals surface area contributed by atoms with Crippen LogP contribution in [0, 0.1) is 0 Å². The van der Waals surface area contributed by atoms with E-state index in [4.69, 9.17) is 23.7 Å². The molecule has 0 radical (unpaired) electrons. The van der Waals surface area contributed by atoms with Crippen molar-refractivity contribution in [2.24, 2.45) is 0 Å². The molecular weight excluding hydrogens is 833 g/mol. The molecule has 5 rings (SSSR count). The lowest BCUT2D eigenvalue weighted by Crippen LogP contribution is -2.15. The number of carbonyl (C=O) groups excluding carboxylic acids is 2. The van der Waals surface area contributed by atoms with Crippen molar-refractivity contribution in [3.05, 3.63) is 132 Å². The summed E-state index contributed by atoms with van der Waals surface area (Å²) in [6.45, 7) is 8.60. The molecule has 0 aromatic heterocycles. The van der Waals surface area contributed by atoms with E-state index in [2.05, 4.69) is 62.4 Å². The smallest absolute Gasteiger partial charge is 0.343 e. The van der Waals surface area contributed by atoms with E-state index in [9.17, 15) is 9.59 Å². The highest BCUT2D eigenvalue weighted by atomic mass is 16.5. The first-order valence-electron chi connectivity index (χ1n) is 25.7. The number of ether oxygens (including phenoxy) is 5. The molecule has 67 heavy (non-hydrogen) atoms. The zero-order chi connectivity index (χ0) is 47.2. The minimum absolute atomic E-state index is 0.0984. The Morgan fingerprint density at radius 1 is 0.358 bits per heavy atom. The highest BCUT2D eigenvalue weighted by Crippen LogP contribution is 2.27. The van der Waals surface area contributed by atoms with Crippen LogP contribution in [0.3, 0.4) is 0 Å². The molecule has 0 aliphatic heterocycles. The standard InChI is InChI=1S/C60H78O7/c1-4-6-8-10-11-14-17-21-45-63-55-37-29-50(30-38-55)51-31-39-56(40-32-51)64-46-22-18-15-12-13-16-19-23-47-65-57-41-35-54(36-42-57)60(62)67-58-43-33-52(34-44-58)49-25-27-53(28-26-49)59(61)66-48(3)24-20-9-7-5-2/h25-44,48H,4-24,45-47H2,1-3H3. The molecule has 0 amide bonds. The van der Waals surface area contributed by atoms with Gasteiger partial charge in [0.2, 0.25) is 0 Å². The van der Waals surface area contributed by atoms with Crippen molar-refractivity contribution < 1.29 is 33.3 Å². The number of esters is 2. The maximum atomic E-state index is 12.9. The molecule has 360 valence electrons. The average Bonchev–Trinajstić information content (AvgIpc) is 3.36. The van der Waals surface area contributed by atoms with Crippen molar-refractivity contribution in [3.63, 3.8) is 0 Å². The molecule has 1 unspecified atom stereocenters. The summed E-state index contributed by atoms with van der Waals surface area (Å²) in [5, 5.41) is 0. The molecule has 7 nitrogen and oxygen atoms in total. The summed E-state index contributed by atoms with van der Waals surface area (Å²) in [5.41, 5.74) is 5.27. The summed E-state index contributed by atoms with van der Waals surface area (Å²) in [4.78, 5) is 25.5. The molecule has 0 spiro atoms. The van der Waals surface area contributed by atoms with Crippen LogP contribution in [-0.2, 0) is 4.74 Å². The van der Waals surface area contributed by atoms with E-state index < -0.39 is 5.97 Å². The van der Waals surface area contributed by atoms with Crippen LogP contribution in [0.4, 0.5) is 0 Å². The molecule has 0 heterocycles. The Morgan fingerprint density at radius 2 is 0.657 bits per heavy atom. The Labute approximate surface area is 402 Å². The van der Waals surface area contributed by atoms with Crippen molar-refractivity contribution >= 4 is 11.9 Å². The fourth-order valence-electron chi connectivity index (χ4n) is 8.09. The third-order valence-corrected chi connectivity index (χ3v) is 12.3. The van der Waals surface area contributed by atoms with Crippen molar-refractivity contribution in [1.29, 1.82) is 0 Å². The van der Waals surface area contributed by atoms with E-state index in [1.54, 1.807) is 36.4 Å². The Balaban J connectivity index is 0.854. The van der Waals surface area contributed by atoms with Gasteiger partial charge in [0.1, 0.15) is 23.0 Å². The zero-order valence-electron chi connectivity index (χ0n) is 41.0. The summed E-state index contributed by atoms with van der Waals surface area (Å²) in [5.74, 6) is 2.35. The Kier molecular flexibility index (Phi) is 24.6. The molecule has 5 aromatic carbocycles. The van der Waals surface area contributed by atoms with E-state index in [1.807, 2.05) is 43.3 Å². The van der Waals surface area contributed by atoms with E-state index in [1.165, 1.54) is 107 Å². The average molecular weight is 911 g/mol. The van der Waals surface area contributed by atoms with Gasteiger partial charge in [-0.2, -0.15) is 0 Å². The fourth-order valence-corrected chi connectivity index (χ4v) is 8.09. The minimum atomic E-state index is -0.424. The van der Waals surface area contributed by atoms with Crippen LogP contribution in [-0.4, -0.2) is 37.9 Å². The molecular formula is C60H78O7. The molecule has 1 atom stereocenters. The molecule has 5 aromatic rings. The quantitative estimate of drug-likeness (QED) is 0.0231. The number of benzene rings is 5. The van der Waals surface area contributed by atoms with E-state index in [0.29, 0.717) is 23.5 Å². The molecule has 0 fully saturated rings. The van der Waals surface area contributed by atoms with Crippen molar-refractivity contribution in [3.8, 4) is 45.3 Å². The molecule has 0 aliphatic rings. The van der Waals surface area contributed by atoms with Crippen molar-refractivity contribution in [2.75, 3.05) is 19.8 Å². The summed E-state index contributed by atoms with van der Waals surface area (Å²) < 4.78 is 29.2. The normalized spacial score (nSPS) is 11.5. The third-order valence-electron chi connectivity index (χ3n) is 12.3. The monoisotopic (exact) mass is 911 g/mol. The second-order valence-corrected chi connectivity index (χ2v) is 18.0. The molecule has 0 saturated heterocycles. The Bertz CT molecular complexity index is 2070. The second kappa shape index (κ2) is 31.4. The Hall–Kier alpha value is -5.56. The predicted octanol–water partition coefficient (Wildman–Crippen LogP) is 16.9. The molecule has 7 heteroatoms. The lowest BCUT2D eigenvalue weighted by Gasteiger charge is -2.13. The van der Waals surface area contributed by atoms with Gasteiger partial charge in [-0.05, 0) is 134 Å². The number of unbranched alkanes of at least 4 members (excludes halogenated alkanes) is 17. The van der Waals surface area contributed by atoms with Crippen LogP contribution in [0.2, 0.25) is 0 Å². The lowest BCUT2D eigenvalue weighted by atomic mass is 10.0. The van der Waals surface area contributed by atoms with Crippen molar-refractivity contribution in [2.45, 2.75) is 162 Å². The first kappa shape index (κ1) is 52.4. The largest absolute Gasteiger partial charge is 0.494 e. The zero-order valence-corrected chi connectivity index (χ0v) is 41.0. The topological polar surface area (TPSA) is 80.3 Å². The van der Waals surface area contributed by atoms with Gasteiger partial charge in [-0.15, -0.1) is 0 Å². The van der Waals surface area contributed by atoms with Gasteiger partial charge in [0.15, 0.2) is 0 Å². The summed E-state index contributed by atoms with van der Waals surface area (Å²) in [6.07, 6.45) is 25.2. The Morgan fingerprint density at radius 3 is 1.06 bits per heavy atom. The second-order valence-electron chi connectivity index (χ2n) is 18.0. The van der Waals surface area contributed by atoms with Gasteiger partial charge in [0, 0.05) is 0 Å². The number of rotatable bonds is 34. The minimum Gasteiger partial charge on any atom is -0.494 e. The third kappa shape index (κ3) is 20.5. The lowest BCUT2D eigenvalue weighted by molar-refractivity contribution is 0.0319. The number of hydrogen-bond acceptors (Lipinski definition) is 7. The van der Waals surface area contributed by atoms with Gasteiger partial charge < -0.3 is 23.7 Å². The fraction of sp³-hybridized carbons (Fsp3) is 0.467. The van der Waals surface area contributed by atoms with Gasteiger partial charge >= 0.3 is 11.9 Å². The van der Waals surface area contributed by atoms with Crippen LogP contribution >= 0.6 is 0 Å². The summed E-state index contributed by atoms with van der Waals surface area (Å²) in [7, 11) is 0. The number of hydrogen-bond donors (Lipinski definition) is 0. The van der Waals surface area contributed by atoms with Gasteiger partial charge in [-0.25, -0.2) is 9.59 Å². The van der Waals surface area contributed by atoms with Gasteiger partial charge in [-0.1, -0.05) is 165 Å². The van der Waals surface area contributed by atoms with Crippen LogP contribution in [0.5, 0.6) is 23.0 Å². The van der Waals surface area contributed by atoms with E-state index >= 15 is 0 Å². The predicted molar refractivity (Wildman–Crippen MR) is 275 cm³/mol. The maximum absolute atomic E-state index is 12.9. The van der Waals surface area contributed by atoms with Gasteiger partial charge in [0.05, 0.1) is 37.1 Å². The van der Waals surface area contributed by atoms with Crippen LogP contribution < -0.4 is 18.9 Å². The molecule has 0 aliphatic carbocycles. The molecule has 0 N–H and O–H groups in total. The molecule has 0 saturated carbocycles. The summed E-state index contributed by atoms with van der Waals surface area (Å²) in [6, 6.07) is 38.7. The van der Waals surface area contributed by atoms with Crippen LogP contribution in [0.1, 0.15) is 176 Å². The van der Waals surface area contributed by atoms with Gasteiger partial charge in [0.25, 0.3) is 0 Å².